The van der Waals surface area contributed by atoms with E-state index in [0.29, 0.717) is 16.4 Å². The molecule has 1 aliphatic heterocycles. The molecule has 2 N–H and O–H groups in total. The van der Waals surface area contributed by atoms with Gasteiger partial charge in [-0.2, -0.15) is 0 Å². The van der Waals surface area contributed by atoms with Gasteiger partial charge in [0.25, 0.3) is 11.8 Å². The van der Waals surface area contributed by atoms with Crippen molar-refractivity contribution in [3.8, 4) is 11.5 Å². The molecule has 1 aromatic heterocycles. The lowest BCUT2D eigenvalue weighted by atomic mass is 10.2. The topological polar surface area (TPSA) is 76.7 Å². The molecule has 0 fully saturated rings. The second kappa shape index (κ2) is 6.92. The van der Waals surface area contributed by atoms with Gasteiger partial charge in [-0.05, 0) is 37.1 Å². The zero-order valence-corrected chi connectivity index (χ0v) is 14.2. The molecule has 0 saturated heterocycles. The quantitative estimate of drug-likeness (QED) is 0.836. The minimum absolute atomic E-state index is 0.0941. The summed E-state index contributed by atoms with van der Waals surface area (Å²) in [6, 6.07) is 8.98. The molecule has 0 bridgehead atoms. The van der Waals surface area contributed by atoms with Crippen LogP contribution in [0, 0.1) is 6.92 Å². The lowest BCUT2D eigenvalue weighted by molar-refractivity contribution is -0.131. The second-order valence-electron chi connectivity index (χ2n) is 5.35. The molecule has 24 heavy (non-hydrogen) atoms. The van der Waals surface area contributed by atoms with Gasteiger partial charge in [0.1, 0.15) is 6.61 Å². The Morgan fingerprint density at radius 1 is 1.25 bits per heavy atom. The van der Waals surface area contributed by atoms with Crippen molar-refractivity contribution < 1.29 is 19.1 Å². The Bertz CT molecular complexity index is 772. The maximum Gasteiger partial charge on any atom is 0.283 e. The van der Waals surface area contributed by atoms with E-state index in [9.17, 15) is 9.59 Å². The first-order valence-corrected chi connectivity index (χ1v) is 8.48. The van der Waals surface area contributed by atoms with Crippen molar-refractivity contribution in [3.05, 3.63) is 45.6 Å². The maximum atomic E-state index is 12.1. The number of benzene rings is 1. The minimum Gasteiger partial charge on any atom is -0.485 e. The molecule has 0 radical (unpaired) electrons. The van der Waals surface area contributed by atoms with Crippen molar-refractivity contribution in [2.24, 2.45) is 0 Å². The molecule has 2 heterocycles. The molecular formula is C17H18N2O4S. The molecule has 2 aromatic rings. The van der Waals surface area contributed by atoms with Crippen molar-refractivity contribution >= 4 is 23.2 Å². The third-order valence-corrected chi connectivity index (χ3v) is 4.82. The number of ether oxygens (including phenoxy) is 2. The normalized spacial score (nSPS) is 15.7. The highest BCUT2D eigenvalue weighted by Crippen LogP contribution is 2.30. The minimum atomic E-state index is -0.809. The lowest BCUT2D eigenvalue weighted by Gasteiger charge is -2.25. The van der Waals surface area contributed by atoms with E-state index in [0.717, 1.165) is 16.9 Å². The number of hydrazine groups is 1. The Morgan fingerprint density at radius 2 is 2.00 bits per heavy atom. The predicted octanol–water partition coefficient (Wildman–Crippen LogP) is 2.22. The summed E-state index contributed by atoms with van der Waals surface area (Å²) in [5, 5.41) is 0. The van der Waals surface area contributed by atoms with Crippen LogP contribution in [-0.4, -0.2) is 24.5 Å². The molecule has 0 spiro atoms. The highest BCUT2D eigenvalue weighted by atomic mass is 32.1. The molecule has 1 aliphatic rings. The van der Waals surface area contributed by atoms with E-state index >= 15 is 0 Å². The molecule has 7 heteroatoms. The largest absolute Gasteiger partial charge is 0.485 e. The second-order valence-corrected chi connectivity index (χ2v) is 6.61. The summed E-state index contributed by atoms with van der Waals surface area (Å²) >= 11 is 1.41. The van der Waals surface area contributed by atoms with Gasteiger partial charge in [-0.25, -0.2) is 0 Å². The number of carbonyl (C=O) groups is 2. The molecule has 1 atom stereocenters. The molecule has 6 nitrogen and oxygen atoms in total. The number of thiophene rings is 1. The van der Waals surface area contributed by atoms with Crippen molar-refractivity contribution in [2.75, 3.05) is 6.61 Å². The molecule has 1 unspecified atom stereocenters. The van der Waals surface area contributed by atoms with Crippen LogP contribution in [0.3, 0.4) is 0 Å². The fourth-order valence-electron chi connectivity index (χ4n) is 2.39. The number of hydrogen-bond acceptors (Lipinski definition) is 5. The van der Waals surface area contributed by atoms with E-state index in [1.54, 1.807) is 18.2 Å². The van der Waals surface area contributed by atoms with Crippen molar-refractivity contribution in [1.29, 1.82) is 0 Å². The molecule has 126 valence electrons. The van der Waals surface area contributed by atoms with Crippen LogP contribution in [0.25, 0.3) is 0 Å². The van der Waals surface area contributed by atoms with Gasteiger partial charge in [-0.15, -0.1) is 11.3 Å². The fraction of sp³-hybridized carbons (Fsp3) is 0.294. The van der Waals surface area contributed by atoms with Gasteiger partial charge < -0.3 is 9.47 Å². The number of rotatable bonds is 3. The van der Waals surface area contributed by atoms with Gasteiger partial charge in [0, 0.05) is 4.88 Å². The Kier molecular flexibility index (Phi) is 4.71. The van der Waals surface area contributed by atoms with Crippen LogP contribution in [-0.2, 0) is 11.2 Å². The molecule has 2 amide bonds. The molecule has 3 rings (SSSR count). The predicted molar refractivity (Wildman–Crippen MR) is 90.4 cm³/mol. The standard InChI is InChI=1S/C17H18N2O4S/c1-3-11-8-15(24-10(11)2)17(21)19-18-16(20)14-9-22-12-6-4-5-7-13(12)23-14/h4-8,14H,3,9H2,1-2H3,(H,18,20)(H,19,21). The monoisotopic (exact) mass is 346 g/mol. The van der Waals surface area contributed by atoms with Crippen molar-refractivity contribution in [2.45, 2.75) is 26.4 Å². The van der Waals surface area contributed by atoms with E-state index < -0.39 is 12.0 Å². The van der Waals surface area contributed by atoms with Crippen LogP contribution < -0.4 is 20.3 Å². The van der Waals surface area contributed by atoms with Crippen LogP contribution >= 0.6 is 11.3 Å². The summed E-state index contributed by atoms with van der Waals surface area (Å²) in [6.07, 6.45) is 0.0609. The summed E-state index contributed by atoms with van der Waals surface area (Å²) < 4.78 is 11.1. The average molecular weight is 346 g/mol. The van der Waals surface area contributed by atoms with E-state index in [1.165, 1.54) is 11.3 Å². The summed E-state index contributed by atoms with van der Waals surface area (Å²) in [6.45, 7) is 4.11. The number of nitrogens with one attached hydrogen (secondary N) is 2. The first kappa shape index (κ1) is 16.3. The van der Waals surface area contributed by atoms with Crippen LogP contribution in [0.2, 0.25) is 0 Å². The molecular weight excluding hydrogens is 328 g/mol. The van der Waals surface area contributed by atoms with Crippen molar-refractivity contribution in [1.82, 2.24) is 10.9 Å². The van der Waals surface area contributed by atoms with E-state index in [4.69, 9.17) is 9.47 Å². The molecule has 1 aromatic carbocycles. The van der Waals surface area contributed by atoms with Crippen molar-refractivity contribution in [3.63, 3.8) is 0 Å². The van der Waals surface area contributed by atoms with Gasteiger partial charge in [0.05, 0.1) is 4.88 Å². The highest BCUT2D eigenvalue weighted by molar-refractivity contribution is 7.14. The third kappa shape index (κ3) is 3.35. The third-order valence-electron chi connectivity index (χ3n) is 3.73. The smallest absolute Gasteiger partial charge is 0.283 e. The fourth-order valence-corrected chi connectivity index (χ4v) is 3.40. The van der Waals surface area contributed by atoms with E-state index in [2.05, 4.69) is 10.9 Å². The SMILES string of the molecule is CCc1cc(C(=O)NNC(=O)C2COc3ccccc3O2)sc1C. The lowest BCUT2D eigenvalue weighted by Crippen LogP contribution is -2.50. The van der Waals surface area contributed by atoms with Gasteiger partial charge in [-0.1, -0.05) is 19.1 Å². The van der Waals surface area contributed by atoms with Crippen LogP contribution in [0.5, 0.6) is 11.5 Å². The van der Waals surface area contributed by atoms with Gasteiger partial charge in [-0.3, -0.25) is 20.4 Å². The average Bonchev–Trinajstić information content (AvgIpc) is 2.99. The first-order valence-electron chi connectivity index (χ1n) is 7.66. The number of amides is 2. The zero-order valence-electron chi connectivity index (χ0n) is 13.4. The van der Waals surface area contributed by atoms with Crippen LogP contribution in [0.15, 0.2) is 30.3 Å². The van der Waals surface area contributed by atoms with Gasteiger partial charge in [0.15, 0.2) is 11.5 Å². The van der Waals surface area contributed by atoms with Gasteiger partial charge >= 0.3 is 0 Å². The number of hydrogen-bond donors (Lipinski definition) is 2. The van der Waals surface area contributed by atoms with Gasteiger partial charge in [0.2, 0.25) is 6.10 Å². The summed E-state index contributed by atoms with van der Waals surface area (Å²) in [4.78, 5) is 25.9. The van der Waals surface area contributed by atoms with Crippen LogP contribution in [0.4, 0.5) is 0 Å². The molecule has 0 aliphatic carbocycles. The maximum absolute atomic E-state index is 12.1. The Balaban J connectivity index is 1.57. The summed E-state index contributed by atoms with van der Waals surface area (Å²) in [5.74, 6) is 0.318. The Hall–Kier alpha value is -2.54. The van der Waals surface area contributed by atoms with E-state index in [1.807, 2.05) is 26.0 Å². The number of carbonyl (C=O) groups excluding carboxylic acids is 2. The highest BCUT2D eigenvalue weighted by Gasteiger charge is 2.27. The zero-order chi connectivity index (χ0) is 17.1. The summed E-state index contributed by atoms with van der Waals surface area (Å²) in [7, 11) is 0. The molecule has 0 saturated carbocycles. The van der Waals surface area contributed by atoms with E-state index in [-0.39, 0.29) is 12.5 Å². The Morgan fingerprint density at radius 3 is 2.71 bits per heavy atom. The first-order chi connectivity index (χ1) is 11.6. The van der Waals surface area contributed by atoms with Crippen LogP contribution in [0.1, 0.15) is 27.0 Å². The number of fused-ring (bicyclic) bond motifs is 1. The summed E-state index contributed by atoms with van der Waals surface area (Å²) in [5.41, 5.74) is 5.95. The Labute approximate surface area is 143 Å². The number of para-hydroxylation sites is 2. The number of aryl methyl sites for hydroxylation is 2.